The summed E-state index contributed by atoms with van der Waals surface area (Å²) in [6.45, 7) is 5.35. The van der Waals surface area contributed by atoms with E-state index in [9.17, 15) is 0 Å². The van der Waals surface area contributed by atoms with E-state index in [4.69, 9.17) is 16.6 Å². The molecule has 1 saturated carbocycles. The van der Waals surface area contributed by atoms with Gasteiger partial charge in [0.05, 0.1) is 0 Å². The van der Waals surface area contributed by atoms with Crippen molar-refractivity contribution in [3.8, 4) is 0 Å². The maximum absolute atomic E-state index is 6.36. The highest BCUT2D eigenvalue weighted by Gasteiger charge is 2.35. The normalized spacial score (nSPS) is 23.2. The van der Waals surface area contributed by atoms with Crippen LogP contribution in [0.1, 0.15) is 63.3 Å². The lowest BCUT2D eigenvalue weighted by atomic mass is 9.96. The lowest BCUT2D eigenvalue weighted by Crippen LogP contribution is -2.36. The topological polar surface area (TPSA) is 29.0 Å². The Morgan fingerprint density at radius 2 is 1.90 bits per heavy atom. The molecule has 21 heavy (non-hydrogen) atoms. The molecule has 1 unspecified atom stereocenters. The summed E-state index contributed by atoms with van der Waals surface area (Å²) < 4.78 is 0. The first kappa shape index (κ1) is 15.1. The predicted molar refractivity (Wildman–Crippen MR) is 88.1 cm³/mol. The van der Waals surface area contributed by atoms with Gasteiger partial charge in [-0.3, -0.25) is 0 Å². The Morgan fingerprint density at radius 1 is 1.14 bits per heavy atom. The van der Waals surface area contributed by atoms with Crippen LogP contribution in [0.25, 0.3) is 0 Å². The van der Waals surface area contributed by atoms with E-state index >= 15 is 0 Å². The van der Waals surface area contributed by atoms with Crippen LogP contribution >= 0.6 is 11.6 Å². The Morgan fingerprint density at radius 3 is 2.62 bits per heavy atom. The summed E-state index contributed by atoms with van der Waals surface area (Å²) in [5.41, 5.74) is 1.06. The monoisotopic (exact) mass is 307 g/mol. The first-order valence-corrected chi connectivity index (χ1v) is 8.88. The molecule has 1 aromatic rings. The van der Waals surface area contributed by atoms with E-state index in [0.717, 1.165) is 42.5 Å². The largest absolute Gasteiger partial charge is 0.353 e. The molecule has 2 heterocycles. The first-order chi connectivity index (χ1) is 10.2. The fraction of sp³-hybridized carbons (Fsp3) is 0.765. The molecule has 1 atom stereocenters. The van der Waals surface area contributed by atoms with Crippen molar-refractivity contribution in [1.82, 2.24) is 9.97 Å². The molecule has 2 aliphatic rings. The van der Waals surface area contributed by atoms with E-state index in [-0.39, 0.29) is 0 Å². The molecule has 4 heteroatoms. The number of hydrogen-bond acceptors (Lipinski definition) is 3. The van der Waals surface area contributed by atoms with Crippen molar-refractivity contribution in [3.05, 3.63) is 16.5 Å². The van der Waals surface area contributed by atoms with Gasteiger partial charge in [-0.2, -0.15) is 0 Å². The zero-order valence-corrected chi connectivity index (χ0v) is 14.0. The highest BCUT2D eigenvalue weighted by Crippen LogP contribution is 2.38. The van der Waals surface area contributed by atoms with Crippen LogP contribution in [-0.2, 0) is 6.42 Å². The number of nitrogens with zero attached hydrogens (tertiary/aromatic N) is 3. The maximum atomic E-state index is 6.36. The Bertz CT molecular complexity index is 497. The molecule has 1 aliphatic heterocycles. The summed E-state index contributed by atoms with van der Waals surface area (Å²) in [6.07, 6.45) is 10.2. The minimum atomic E-state index is 0.639. The van der Waals surface area contributed by atoms with Gasteiger partial charge >= 0.3 is 0 Å². The Labute approximate surface area is 133 Å². The zero-order chi connectivity index (χ0) is 14.8. The van der Waals surface area contributed by atoms with Gasteiger partial charge < -0.3 is 4.90 Å². The minimum absolute atomic E-state index is 0.639. The molecule has 3 nitrogen and oxygen atoms in total. The molecule has 3 rings (SSSR count). The number of halogens is 1. The van der Waals surface area contributed by atoms with Crippen LogP contribution < -0.4 is 4.90 Å². The van der Waals surface area contributed by atoms with Gasteiger partial charge in [-0.05, 0) is 44.9 Å². The van der Waals surface area contributed by atoms with Gasteiger partial charge in [0, 0.05) is 24.6 Å². The van der Waals surface area contributed by atoms with E-state index < -0.39 is 0 Å². The maximum Gasteiger partial charge on any atom is 0.137 e. The molecule has 1 aromatic heterocycles. The van der Waals surface area contributed by atoms with Gasteiger partial charge in [-0.1, -0.05) is 31.4 Å². The second kappa shape index (κ2) is 6.51. The summed E-state index contributed by atoms with van der Waals surface area (Å²) in [6, 6.07) is 0.673. The van der Waals surface area contributed by atoms with Crippen molar-refractivity contribution in [2.75, 3.05) is 11.4 Å². The standard InChI is InChI=1S/C17H26ClN3/c1-3-7-15-19-16(18)12(2)17(20-15)21-11-6-10-14(21)13-8-4-5-9-13/h13-14H,3-11H2,1-2H3. The molecule has 0 aromatic carbocycles. The van der Waals surface area contributed by atoms with Crippen molar-refractivity contribution in [2.24, 2.45) is 5.92 Å². The lowest BCUT2D eigenvalue weighted by Gasteiger charge is -2.31. The van der Waals surface area contributed by atoms with Crippen LogP contribution in [0.3, 0.4) is 0 Å². The molecule has 2 fully saturated rings. The number of hydrogen-bond donors (Lipinski definition) is 0. The summed E-state index contributed by atoms with van der Waals surface area (Å²) in [7, 11) is 0. The molecule has 0 bridgehead atoms. The number of aryl methyl sites for hydroxylation is 1. The number of anilines is 1. The molecule has 116 valence electrons. The van der Waals surface area contributed by atoms with E-state index in [0.29, 0.717) is 11.2 Å². The quantitative estimate of drug-likeness (QED) is 0.764. The third kappa shape index (κ3) is 3.03. The van der Waals surface area contributed by atoms with Crippen molar-refractivity contribution in [3.63, 3.8) is 0 Å². The Balaban J connectivity index is 1.90. The third-order valence-corrected chi connectivity index (χ3v) is 5.46. The van der Waals surface area contributed by atoms with Crippen LogP contribution in [-0.4, -0.2) is 22.6 Å². The molecule has 1 saturated heterocycles. The van der Waals surface area contributed by atoms with Crippen LogP contribution in [0, 0.1) is 12.8 Å². The molecule has 0 radical (unpaired) electrons. The van der Waals surface area contributed by atoms with Crippen molar-refractivity contribution in [1.29, 1.82) is 0 Å². The van der Waals surface area contributed by atoms with Gasteiger partial charge in [-0.25, -0.2) is 9.97 Å². The summed E-state index contributed by atoms with van der Waals surface area (Å²) in [5, 5.41) is 0.639. The van der Waals surface area contributed by atoms with E-state index in [2.05, 4.69) is 23.7 Å². The Hall–Kier alpha value is -0.830. The highest BCUT2D eigenvalue weighted by atomic mass is 35.5. The van der Waals surface area contributed by atoms with Gasteiger partial charge in [0.1, 0.15) is 16.8 Å². The van der Waals surface area contributed by atoms with Crippen LogP contribution in [0.2, 0.25) is 5.15 Å². The summed E-state index contributed by atoms with van der Waals surface area (Å²) in [4.78, 5) is 11.8. The molecular formula is C17H26ClN3. The fourth-order valence-corrected chi connectivity index (χ4v) is 4.21. The number of rotatable bonds is 4. The van der Waals surface area contributed by atoms with Gasteiger partial charge in [0.2, 0.25) is 0 Å². The average Bonchev–Trinajstić information content (AvgIpc) is 3.12. The Kier molecular flexibility index (Phi) is 4.68. The van der Waals surface area contributed by atoms with Crippen molar-refractivity contribution >= 4 is 17.4 Å². The zero-order valence-electron chi connectivity index (χ0n) is 13.2. The summed E-state index contributed by atoms with van der Waals surface area (Å²) >= 11 is 6.36. The van der Waals surface area contributed by atoms with Gasteiger partial charge in [-0.15, -0.1) is 0 Å². The van der Waals surface area contributed by atoms with E-state index in [1.165, 1.54) is 38.5 Å². The third-order valence-electron chi connectivity index (χ3n) is 5.10. The minimum Gasteiger partial charge on any atom is -0.353 e. The second-order valence-electron chi connectivity index (χ2n) is 6.58. The van der Waals surface area contributed by atoms with Crippen LogP contribution in [0.4, 0.5) is 5.82 Å². The first-order valence-electron chi connectivity index (χ1n) is 8.50. The van der Waals surface area contributed by atoms with Crippen LogP contribution in [0.5, 0.6) is 0 Å². The molecule has 0 N–H and O–H groups in total. The number of aromatic nitrogens is 2. The molecule has 0 spiro atoms. The van der Waals surface area contributed by atoms with Crippen LogP contribution in [0.15, 0.2) is 0 Å². The fourth-order valence-electron chi connectivity index (χ4n) is 4.02. The summed E-state index contributed by atoms with van der Waals surface area (Å²) in [5.74, 6) is 2.86. The lowest BCUT2D eigenvalue weighted by molar-refractivity contribution is 0.428. The van der Waals surface area contributed by atoms with E-state index in [1.807, 2.05) is 0 Å². The molecular weight excluding hydrogens is 282 g/mol. The second-order valence-corrected chi connectivity index (χ2v) is 6.93. The predicted octanol–water partition coefficient (Wildman–Crippen LogP) is 4.55. The highest BCUT2D eigenvalue weighted by molar-refractivity contribution is 6.30. The van der Waals surface area contributed by atoms with Crippen molar-refractivity contribution < 1.29 is 0 Å². The van der Waals surface area contributed by atoms with Gasteiger partial charge in [0.25, 0.3) is 0 Å². The molecule has 0 amide bonds. The van der Waals surface area contributed by atoms with Gasteiger partial charge in [0.15, 0.2) is 0 Å². The SMILES string of the molecule is CCCc1nc(Cl)c(C)c(N2CCCC2C2CCCC2)n1. The average molecular weight is 308 g/mol. The smallest absolute Gasteiger partial charge is 0.137 e. The molecule has 1 aliphatic carbocycles. The van der Waals surface area contributed by atoms with Crippen molar-refractivity contribution in [2.45, 2.75) is 71.3 Å². The van der Waals surface area contributed by atoms with E-state index in [1.54, 1.807) is 0 Å².